The van der Waals surface area contributed by atoms with Gasteiger partial charge in [-0.05, 0) is 54.3 Å². The van der Waals surface area contributed by atoms with E-state index in [1.54, 1.807) is 54.4 Å². The second kappa shape index (κ2) is 8.14. The molecule has 1 atom stereocenters. The molecule has 1 aromatic heterocycles. The van der Waals surface area contributed by atoms with Gasteiger partial charge in [0.05, 0.1) is 10.9 Å². The van der Waals surface area contributed by atoms with E-state index in [0.29, 0.717) is 16.1 Å². The molecule has 1 unspecified atom stereocenters. The summed E-state index contributed by atoms with van der Waals surface area (Å²) in [6.07, 6.45) is 0. The molecule has 4 nitrogen and oxygen atoms in total. The number of carbonyl (C=O) groups is 2. The van der Waals surface area contributed by atoms with Crippen molar-refractivity contribution >= 4 is 28.8 Å². The van der Waals surface area contributed by atoms with Crippen molar-refractivity contribution in [1.82, 2.24) is 4.90 Å². The molecule has 3 rings (SSSR count). The van der Waals surface area contributed by atoms with Crippen LogP contribution in [-0.4, -0.2) is 23.8 Å². The molecule has 2 amide bonds. The molecule has 0 spiro atoms. The van der Waals surface area contributed by atoms with E-state index in [1.807, 2.05) is 18.4 Å². The molecular formula is C21H19FN2O2S. The van der Waals surface area contributed by atoms with Gasteiger partial charge in [0.15, 0.2) is 0 Å². The Morgan fingerprint density at radius 2 is 1.81 bits per heavy atom. The Bertz CT molecular complexity index is 939. The number of hydrogen-bond donors (Lipinski definition) is 1. The fourth-order valence-electron chi connectivity index (χ4n) is 2.67. The molecule has 138 valence electrons. The maximum Gasteiger partial charge on any atom is 0.265 e. The van der Waals surface area contributed by atoms with Gasteiger partial charge in [-0.25, -0.2) is 4.39 Å². The molecule has 0 saturated carbocycles. The van der Waals surface area contributed by atoms with Crippen LogP contribution < -0.4 is 5.32 Å². The number of halogens is 1. The van der Waals surface area contributed by atoms with E-state index in [2.05, 4.69) is 5.32 Å². The smallest absolute Gasteiger partial charge is 0.265 e. The number of anilines is 1. The zero-order chi connectivity index (χ0) is 19.4. The summed E-state index contributed by atoms with van der Waals surface area (Å²) < 4.78 is 13.1. The first-order chi connectivity index (χ1) is 13.0. The largest absolute Gasteiger partial charge is 0.335 e. The summed E-state index contributed by atoms with van der Waals surface area (Å²) in [6.45, 7) is 1.88. The van der Waals surface area contributed by atoms with Crippen LogP contribution in [0.3, 0.4) is 0 Å². The highest BCUT2D eigenvalue weighted by atomic mass is 32.1. The topological polar surface area (TPSA) is 49.4 Å². The molecule has 1 N–H and O–H groups in total. The summed E-state index contributed by atoms with van der Waals surface area (Å²) in [4.78, 5) is 27.2. The summed E-state index contributed by atoms with van der Waals surface area (Å²) in [6, 6.07) is 16.3. The van der Waals surface area contributed by atoms with Gasteiger partial charge in [-0.2, -0.15) is 0 Å². The number of nitrogens with one attached hydrogen (secondary N) is 1. The number of amides is 2. The minimum absolute atomic E-state index is 0.181. The Balaban J connectivity index is 1.74. The highest BCUT2D eigenvalue weighted by Crippen LogP contribution is 2.22. The monoisotopic (exact) mass is 382 g/mol. The van der Waals surface area contributed by atoms with Crippen molar-refractivity contribution in [2.75, 3.05) is 12.4 Å². The highest BCUT2D eigenvalue weighted by molar-refractivity contribution is 7.12. The molecule has 0 aliphatic carbocycles. The van der Waals surface area contributed by atoms with Crippen LogP contribution in [0.25, 0.3) is 0 Å². The predicted molar refractivity (Wildman–Crippen MR) is 106 cm³/mol. The van der Waals surface area contributed by atoms with E-state index in [9.17, 15) is 14.0 Å². The average Bonchev–Trinajstić information content (AvgIpc) is 3.22. The van der Waals surface area contributed by atoms with Crippen LogP contribution in [-0.2, 0) is 0 Å². The van der Waals surface area contributed by atoms with Crippen LogP contribution >= 0.6 is 11.3 Å². The number of rotatable bonds is 5. The SMILES string of the molecule is CC(c1ccc(F)cc1)N(C)C(=O)c1cccc(NC(=O)c2cccs2)c1. The summed E-state index contributed by atoms with van der Waals surface area (Å²) in [5.41, 5.74) is 1.87. The summed E-state index contributed by atoms with van der Waals surface area (Å²) in [5.74, 6) is -0.698. The van der Waals surface area contributed by atoms with Gasteiger partial charge in [0.1, 0.15) is 5.82 Å². The van der Waals surface area contributed by atoms with Crippen LogP contribution in [0.4, 0.5) is 10.1 Å². The van der Waals surface area contributed by atoms with Crippen molar-refractivity contribution < 1.29 is 14.0 Å². The minimum Gasteiger partial charge on any atom is -0.335 e. The third-order valence-electron chi connectivity index (χ3n) is 4.37. The van der Waals surface area contributed by atoms with Crippen molar-refractivity contribution in [1.29, 1.82) is 0 Å². The molecule has 0 saturated heterocycles. The standard InChI is InChI=1S/C21H19FN2O2S/c1-14(15-8-10-17(22)11-9-15)24(2)21(26)16-5-3-6-18(13-16)23-20(25)19-7-4-12-27-19/h3-14H,1-2H3,(H,23,25). The lowest BCUT2D eigenvalue weighted by atomic mass is 10.1. The maximum absolute atomic E-state index is 13.1. The van der Waals surface area contributed by atoms with Crippen molar-refractivity contribution in [3.63, 3.8) is 0 Å². The van der Waals surface area contributed by atoms with Crippen molar-refractivity contribution in [2.24, 2.45) is 0 Å². The molecule has 1 heterocycles. The summed E-state index contributed by atoms with van der Waals surface area (Å²) >= 11 is 1.35. The lowest BCUT2D eigenvalue weighted by molar-refractivity contribution is 0.0742. The first-order valence-electron chi connectivity index (χ1n) is 8.43. The highest BCUT2D eigenvalue weighted by Gasteiger charge is 2.19. The average molecular weight is 382 g/mol. The molecule has 6 heteroatoms. The number of hydrogen-bond acceptors (Lipinski definition) is 3. The second-order valence-corrected chi connectivity index (χ2v) is 7.10. The van der Waals surface area contributed by atoms with Gasteiger partial charge >= 0.3 is 0 Å². The number of carbonyl (C=O) groups excluding carboxylic acids is 2. The van der Waals surface area contributed by atoms with Crippen LogP contribution in [0.1, 0.15) is 38.6 Å². The lowest BCUT2D eigenvalue weighted by Gasteiger charge is -2.25. The third kappa shape index (κ3) is 4.41. The van der Waals surface area contributed by atoms with Gasteiger partial charge < -0.3 is 10.2 Å². The zero-order valence-corrected chi connectivity index (χ0v) is 15.8. The Morgan fingerprint density at radius 1 is 1.07 bits per heavy atom. The van der Waals surface area contributed by atoms with E-state index in [0.717, 1.165) is 5.56 Å². The molecule has 27 heavy (non-hydrogen) atoms. The molecule has 0 aliphatic heterocycles. The van der Waals surface area contributed by atoms with Gasteiger partial charge in [0.25, 0.3) is 11.8 Å². The van der Waals surface area contributed by atoms with Crippen molar-refractivity contribution in [3.8, 4) is 0 Å². The van der Waals surface area contributed by atoms with Gasteiger partial charge in [0, 0.05) is 18.3 Å². The Morgan fingerprint density at radius 3 is 2.48 bits per heavy atom. The number of nitrogens with zero attached hydrogens (tertiary/aromatic N) is 1. The second-order valence-electron chi connectivity index (χ2n) is 6.16. The minimum atomic E-state index is -0.311. The van der Waals surface area contributed by atoms with Crippen LogP contribution in [0, 0.1) is 5.82 Å². The van der Waals surface area contributed by atoms with Crippen LogP contribution in [0.2, 0.25) is 0 Å². The van der Waals surface area contributed by atoms with E-state index in [4.69, 9.17) is 0 Å². The fourth-order valence-corrected chi connectivity index (χ4v) is 3.29. The molecule has 0 radical (unpaired) electrons. The predicted octanol–water partition coefficient (Wildman–Crippen LogP) is 4.97. The third-order valence-corrected chi connectivity index (χ3v) is 5.23. The first kappa shape index (κ1) is 18.8. The molecule has 3 aromatic rings. The zero-order valence-electron chi connectivity index (χ0n) is 15.0. The van der Waals surface area contributed by atoms with E-state index in [1.165, 1.54) is 23.5 Å². The fraction of sp³-hybridized carbons (Fsp3) is 0.143. The number of benzene rings is 2. The van der Waals surface area contributed by atoms with E-state index >= 15 is 0 Å². The normalized spacial score (nSPS) is 11.7. The Kier molecular flexibility index (Phi) is 5.66. The van der Waals surface area contributed by atoms with Crippen LogP contribution in [0.5, 0.6) is 0 Å². The lowest BCUT2D eigenvalue weighted by Crippen LogP contribution is -2.29. The van der Waals surface area contributed by atoms with Gasteiger partial charge in [0.2, 0.25) is 0 Å². The van der Waals surface area contributed by atoms with Gasteiger partial charge in [-0.1, -0.05) is 24.3 Å². The first-order valence-corrected chi connectivity index (χ1v) is 9.31. The molecule has 0 bridgehead atoms. The van der Waals surface area contributed by atoms with E-state index in [-0.39, 0.29) is 23.7 Å². The summed E-state index contributed by atoms with van der Waals surface area (Å²) in [5, 5.41) is 4.64. The Labute approximate surface area is 161 Å². The van der Waals surface area contributed by atoms with Crippen molar-refractivity contribution in [3.05, 3.63) is 87.9 Å². The van der Waals surface area contributed by atoms with Gasteiger partial charge in [-0.15, -0.1) is 11.3 Å². The van der Waals surface area contributed by atoms with Crippen molar-refractivity contribution in [2.45, 2.75) is 13.0 Å². The van der Waals surface area contributed by atoms with Gasteiger partial charge in [-0.3, -0.25) is 9.59 Å². The maximum atomic E-state index is 13.1. The summed E-state index contributed by atoms with van der Waals surface area (Å²) in [7, 11) is 1.70. The molecule has 2 aromatic carbocycles. The van der Waals surface area contributed by atoms with Crippen LogP contribution in [0.15, 0.2) is 66.0 Å². The molecule has 0 aliphatic rings. The number of thiophene rings is 1. The molecular weight excluding hydrogens is 363 g/mol. The quantitative estimate of drug-likeness (QED) is 0.677. The Hall–Kier alpha value is -2.99. The van der Waals surface area contributed by atoms with E-state index < -0.39 is 0 Å². The molecule has 0 fully saturated rings.